The molecule has 1 fully saturated rings. The van der Waals surface area contributed by atoms with Gasteiger partial charge in [0.15, 0.2) is 5.78 Å². The lowest BCUT2D eigenvalue weighted by Crippen LogP contribution is -2.20. The third-order valence-electron chi connectivity index (χ3n) is 5.80. The van der Waals surface area contributed by atoms with Crippen LogP contribution in [-0.4, -0.2) is 24.5 Å². The standard InChI is InChI=1S/C26H27NO3S/c1-18-10-16-22(17-11-18)31(29,30)27-23(19-8-6-5-7-9-19)24(27)25(28)20-12-14-21(15-13-20)26(2,3)4/h5-17,23-24H,1-4H3/t23-,24+,27?/m1/s1. The van der Waals surface area contributed by atoms with E-state index in [0.29, 0.717) is 5.56 Å². The van der Waals surface area contributed by atoms with E-state index in [1.165, 1.54) is 4.31 Å². The third-order valence-corrected chi connectivity index (χ3v) is 7.68. The molecule has 0 N–H and O–H groups in total. The van der Waals surface area contributed by atoms with Crippen LogP contribution in [-0.2, 0) is 15.4 Å². The fourth-order valence-corrected chi connectivity index (χ4v) is 5.60. The highest BCUT2D eigenvalue weighted by Crippen LogP contribution is 2.49. The minimum atomic E-state index is -3.80. The zero-order valence-electron chi connectivity index (χ0n) is 18.2. The summed E-state index contributed by atoms with van der Waals surface area (Å²) in [5, 5.41) is 0. The molecule has 1 heterocycles. The van der Waals surface area contributed by atoms with Gasteiger partial charge in [-0.2, -0.15) is 4.31 Å². The van der Waals surface area contributed by atoms with Crippen LogP contribution in [0.25, 0.3) is 0 Å². The molecule has 3 aromatic rings. The fourth-order valence-electron chi connectivity index (χ4n) is 3.89. The summed E-state index contributed by atoms with van der Waals surface area (Å²) in [5.41, 5.74) is 3.44. The van der Waals surface area contributed by atoms with Gasteiger partial charge in [-0.05, 0) is 35.6 Å². The van der Waals surface area contributed by atoms with Gasteiger partial charge in [0.05, 0.1) is 10.9 Å². The minimum Gasteiger partial charge on any atom is -0.292 e. The largest absolute Gasteiger partial charge is 0.292 e. The molecule has 0 amide bonds. The molecule has 4 nitrogen and oxygen atoms in total. The number of hydrogen-bond donors (Lipinski definition) is 0. The summed E-state index contributed by atoms with van der Waals surface area (Å²) in [4.78, 5) is 13.6. The van der Waals surface area contributed by atoms with Crippen LogP contribution in [0.1, 0.15) is 53.9 Å². The Bertz CT molecular complexity index is 1190. The van der Waals surface area contributed by atoms with Crippen molar-refractivity contribution in [2.75, 3.05) is 0 Å². The van der Waals surface area contributed by atoms with Gasteiger partial charge >= 0.3 is 0 Å². The van der Waals surface area contributed by atoms with Crippen molar-refractivity contribution < 1.29 is 13.2 Å². The molecule has 0 spiro atoms. The molecular weight excluding hydrogens is 406 g/mol. The van der Waals surface area contributed by atoms with E-state index in [9.17, 15) is 13.2 Å². The highest BCUT2D eigenvalue weighted by Gasteiger charge is 2.60. The van der Waals surface area contributed by atoms with Crippen LogP contribution >= 0.6 is 0 Å². The second-order valence-corrected chi connectivity index (χ2v) is 11.0. The molecule has 160 valence electrons. The van der Waals surface area contributed by atoms with Gasteiger partial charge in [0, 0.05) is 5.56 Å². The molecular formula is C26H27NO3S. The lowest BCUT2D eigenvalue weighted by molar-refractivity contribution is 0.0981. The van der Waals surface area contributed by atoms with Crippen LogP contribution in [0.5, 0.6) is 0 Å². The van der Waals surface area contributed by atoms with Crippen molar-refractivity contribution in [3.8, 4) is 0 Å². The van der Waals surface area contributed by atoms with Crippen LogP contribution in [0.2, 0.25) is 0 Å². The highest BCUT2D eigenvalue weighted by molar-refractivity contribution is 7.89. The van der Waals surface area contributed by atoms with Gasteiger partial charge in [0.25, 0.3) is 0 Å². The van der Waals surface area contributed by atoms with E-state index in [4.69, 9.17) is 0 Å². The third kappa shape index (κ3) is 4.08. The Hall–Kier alpha value is -2.76. The zero-order valence-corrected chi connectivity index (χ0v) is 19.1. The number of ketones is 1. The predicted molar refractivity (Wildman–Crippen MR) is 123 cm³/mol. The fraction of sp³-hybridized carbons (Fsp3) is 0.269. The number of rotatable bonds is 5. The van der Waals surface area contributed by atoms with Crippen LogP contribution < -0.4 is 0 Å². The van der Waals surface area contributed by atoms with Gasteiger partial charge in [0.2, 0.25) is 10.0 Å². The van der Waals surface area contributed by atoms with Crippen LogP contribution in [0.3, 0.4) is 0 Å². The van der Waals surface area contributed by atoms with Crippen LogP contribution in [0.15, 0.2) is 83.8 Å². The first kappa shape index (κ1) is 21.5. The number of benzene rings is 3. The van der Waals surface area contributed by atoms with E-state index in [0.717, 1.165) is 16.7 Å². The Morgan fingerprint density at radius 2 is 1.42 bits per heavy atom. The number of sulfonamides is 1. The van der Waals surface area contributed by atoms with Crippen molar-refractivity contribution >= 4 is 15.8 Å². The molecule has 1 aliphatic rings. The summed E-state index contributed by atoms with van der Waals surface area (Å²) in [6.07, 6.45) is 0. The molecule has 0 saturated carbocycles. The maximum atomic E-state index is 13.4. The Labute approximate surface area is 184 Å². The minimum absolute atomic E-state index is 0.0193. The van der Waals surface area contributed by atoms with Gasteiger partial charge in [0.1, 0.15) is 6.04 Å². The molecule has 31 heavy (non-hydrogen) atoms. The molecule has 0 aliphatic carbocycles. The van der Waals surface area contributed by atoms with E-state index < -0.39 is 22.1 Å². The SMILES string of the molecule is Cc1ccc(S(=O)(=O)N2[C@H](C(=O)c3ccc(C(C)(C)C)cc3)[C@H]2c2ccccc2)cc1. The highest BCUT2D eigenvalue weighted by atomic mass is 32.2. The molecule has 5 heteroatoms. The van der Waals surface area contributed by atoms with E-state index in [-0.39, 0.29) is 16.1 Å². The van der Waals surface area contributed by atoms with Crippen LogP contribution in [0.4, 0.5) is 0 Å². The van der Waals surface area contributed by atoms with E-state index in [1.54, 1.807) is 36.4 Å². The number of Topliss-reactive ketones (excluding diaryl/α,β-unsaturated/α-hetero) is 1. The van der Waals surface area contributed by atoms with Crippen molar-refractivity contribution in [1.82, 2.24) is 4.31 Å². The monoisotopic (exact) mass is 433 g/mol. The summed E-state index contributed by atoms with van der Waals surface area (Å²) in [6.45, 7) is 8.26. The molecule has 0 radical (unpaired) electrons. The molecule has 1 aliphatic heterocycles. The number of hydrogen-bond acceptors (Lipinski definition) is 3. The predicted octanol–water partition coefficient (Wildman–Crippen LogP) is 5.29. The lowest BCUT2D eigenvalue weighted by atomic mass is 9.86. The molecule has 0 bridgehead atoms. The molecule has 1 saturated heterocycles. The van der Waals surface area contributed by atoms with Gasteiger partial charge in [-0.15, -0.1) is 0 Å². The van der Waals surface area contributed by atoms with Crippen molar-refractivity contribution in [1.29, 1.82) is 0 Å². The Balaban J connectivity index is 1.70. The van der Waals surface area contributed by atoms with E-state index in [1.807, 2.05) is 49.4 Å². The van der Waals surface area contributed by atoms with Crippen molar-refractivity contribution in [2.45, 2.75) is 50.1 Å². The Morgan fingerprint density at radius 3 is 1.97 bits per heavy atom. The number of carbonyl (C=O) groups is 1. The summed E-state index contributed by atoms with van der Waals surface area (Å²) < 4.78 is 28.1. The van der Waals surface area contributed by atoms with Gasteiger partial charge in [-0.3, -0.25) is 4.79 Å². The summed E-state index contributed by atoms with van der Waals surface area (Å²) in [6, 6.07) is 22.4. The van der Waals surface area contributed by atoms with Gasteiger partial charge in [-0.25, -0.2) is 8.42 Å². The zero-order chi connectivity index (χ0) is 22.4. The molecule has 0 aromatic heterocycles. The van der Waals surface area contributed by atoms with E-state index in [2.05, 4.69) is 20.8 Å². The second-order valence-electron chi connectivity index (χ2n) is 9.14. The molecule has 3 atom stereocenters. The van der Waals surface area contributed by atoms with Crippen LogP contribution in [0, 0.1) is 6.92 Å². The second kappa shape index (κ2) is 7.74. The maximum absolute atomic E-state index is 13.4. The van der Waals surface area contributed by atoms with Gasteiger partial charge in [-0.1, -0.05) is 93.1 Å². The Morgan fingerprint density at radius 1 is 0.839 bits per heavy atom. The number of carbonyl (C=O) groups excluding carboxylic acids is 1. The first-order chi connectivity index (χ1) is 14.6. The van der Waals surface area contributed by atoms with Crippen molar-refractivity contribution in [2.24, 2.45) is 0 Å². The average molecular weight is 434 g/mol. The molecule has 3 aromatic carbocycles. The lowest BCUT2D eigenvalue weighted by Gasteiger charge is -2.19. The first-order valence-electron chi connectivity index (χ1n) is 10.4. The van der Waals surface area contributed by atoms with E-state index >= 15 is 0 Å². The smallest absolute Gasteiger partial charge is 0.244 e. The number of aryl methyl sites for hydroxylation is 1. The van der Waals surface area contributed by atoms with Crippen molar-refractivity contribution in [3.05, 3.63) is 101 Å². The average Bonchev–Trinajstić information content (AvgIpc) is 3.50. The Kier molecular flexibility index (Phi) is 5.36. The topological polar surface area (TPSA) is 54.2 Å². The summed E-state index contributed by atoms with van der Waals surface area (Å²) in [5.74, 6) is -0.176. The molecule has 4 rings (SSSR count). The molecule has 1 unspecified atom stereocenters. The number of nitrogens with zero attached hydrogens (tertiary/aromatic N) is 1. The quantitative estimate of drug-likeness (QED) is 0.406. The summed E-state index contributed by atoms with van der Waals surface area (Å²) >= 11 is 0. The maximum Gasteiger partial charge on any atom is 0.244 e. The summed E-state index contributed by atoms with van der Waals surface area (Å²) in [7, 11) is -3.80. The normalized spacial score (nSPS) is 21.0. The van der Waals surface area contributed by atoms with Gasteiger partial charge < -0.3 is 0 Å². The van der Waals surface area contributed by atoms with Crippen molar-refractivity contribution in [3.63, 3.8) is 0 Å². The first-order valence-corrected chi connectivity index (χ1v) is 11.8.